The van der Waals surface area contributed by atoms with Gasteiger partial charge in [-0.05, 0) is 30.9 Å². The molecule has 0 aliphatic carbocycles. The first kappa shape index (κ1) is 11.4. The molecule has 68 valence electrons. The number of rotatable bonds is 5. The molecule has 0 amide bonds. The zero-order chi connectivity index (χ0) is 8.85. The summed E-state index contributed by atoms with van der Waals surface area (Å²) in [6, 6.07) is 0. The van der Waals surface area contributed by atoms with Gasteiger partial charge in [-0.3, -0.25) is 0 Å². The molecule has 0 saturated heterocycles. The van der Waals surface area contributed by atoms with Crippen molar-refractivity contribution >= 4 is 11.8 Å². The van der Waals surface area contributed by atoms with E-state index in [4.69, 9.17) is 0 Å². The molecule has 0 aliphatic heterocycles. The predicted octanol–water partition coefficient (Wildman–Crippen LogP) is 3.81. The fourth-order valence-corrected chi connectivity index (χ4v) is 1.32. The second-order valence-electron chi connectivity index (χ2n) is 3.84. The monoisotopic (exact) mass is 174 g/mol. The third-order valence-electron chi connectivity index (χ3n) is 2.57. The highest BCUT2D eigenvalue weighted by Gasteiger charge is 2.08. The summed E-state index contributed by atoms with van der Waals surface area (Å²) in [6.45, 7) is 9.30. The van der Waals surface area contributed by atoms with Crippen molar-refractivity contribution in [2.45, 2.75) is 45.8 Å². The molecule has 0 aromatic heterocycles. The summed E-state index contributed by atoms with van der Waals surface area (Å²) in [5, 5.41) is 0.844. The van der Waals surface area contributed by atoms with Crippen LogP contribution >= 0.6 is 11.8 Å². The summed E-state index contributed by atoms with van der Waals surface area (Å²) < 4.78 is 0. The zero-order valence-electron chi connectivity index (χ0n) is 8.55. The van der Waals surface area contributed by atoms with E-state index in [2.05, 4.69) is 34.0 Å². The molecular formula is C10H22S. The summed E-state index contributed by atoms with van der Waals surface area (Å²) in [4.78, 5) is 0. The van der Waals surface area contributed by atoms with E-state index in [1.807, 2.05) is 11.8 Å². The van der Waals surface area contributed by atoms with E-state index in [0.29, 0.717) is 0 Å². The third-order valence-corrected chi connectivity index (χ3v) is 3.61. The van der Waals surface area contributed by atoms with Gasteiger partial charge in [0.1, 0.15) is 0 Å². The van der Waals surface area contributed by atoms with E-state index in [1.165, 1.54) is 12.8 Å². The Morgan fingerprint density at radius 1 is 1.00 bits per heavy atom. The van der Waals surface area contributed by atoms with E-state index in [-0.39, 0.29) is 0 Å². The van der Waals surface area contributed by atoms with Crippen molar-refractivity contribution < 1.29 is 0 Å². The predicted molar refractivity (Wildman–Crippen MR) is 56.2 cm³/mol. The van der Waals surface area contributed by atoms with E-state index >= 15 is 0 Å². The van der Waals surface area contributed by atoms with Crippen LogP contribution in [0.25, 0.3) is 0 Å². The molecular weight excluding hydrogens is 152 g/mol. The van der Waals surface area contributed by atoms with Crippen LogP contribution in [0.3, 0.4) is 0 Å². The lowest BCUT2D eigenvalue weighted by Crippen LogP contribution is -2.06. The van der Waals surface area contributed by atoms with Gasteiger partial charge in [-0.25, -0.2) is 0 Å². The first-order chi connectivity index (χ1) is 5.07. The lowest BCUT2D eigenvalue weighted by molar-refractivity contribution is 0.382. The number of hydrogen-bond acceptors (Lipinski definition) is 1. The van der Waals surface area contributed by atoms with Gasteiger partial charge in [0.2, 0.25) is 0 Å². The number of hydrogen-bond donors (Lipinski definition) is 0. The van der Waals surface area contributed by atoms with Crippen molar-refractivity contribution in [2.24, 2.45) is 11.8 Å². The minimum Gasteiger partial charge on any atom is -0.162 e. The topological polar surface area (TPSA) is 0 Å². The standard InChI is InChI=1S/C10H22S/c1-8(2)9(3)6-7-10(4)11-5/h8-10H,6-7H2,1-5H3/t9?,10-/m1/s1. The fourth-order valence-electron chi connectivity index (χ4n) is 0.949. The van der Waals surface area contributed by atoms with E-state index < -0.39 is 0 Å². The molecule has 0 bridgehead atoms. The molecule has 0 saturated carbocycles. The first-order valence-corrected chi connectivity index (χ1v) is 5.89. The van der Waals surface area contributed by atoms with Crippen LogP contribution in [0.1, 0.15) is 40.5 Å². The van der Waals surface area contributed by atoms with Crippen molar-refractivity contribution in [1.82, 2.24) is 0 Å². The van der Waals surface area contributed by atoms with E-state index in [0.717, 1.165) is 17.1 Å². The van der Waals surface area contributed by atoms with Gasteiger partial charge in [0.15, 0.2) is 0 Å². The van der Waals surface area contributed by atoms with Crippen LogP contribution in [0.5, 0.6) is 0 Å². The summed E-state index contributed by atoms with van der Waals surface area (Å²) >= 11 is 1.98. The second kappa shape index (κ2) is 5.93. The highest BCUT2D eigenvalue weighted by molar-refractivity contribution is 7.99. The Hall–Kier alpha value is 0.350. The molecule has 1 unspecified atom stereocenters. The molecule has 1 heteroatoms. The largest absolute Gasteiger partial charge is 0.162 e. The summed E-state index contributed by atoms with van der Waals surface area (Å²) in [6.07, 6.45) is 4.96. The Balaban J connectivity index is 3.37. The molecule has 0 fully saturated rings. The van der Waals surface area contributed by atoms with E-state index in [1.54, 1.807) is 0 Å². The highest BCUT2D eigenvalue weighted by Crippen LogP contribution is 2.20. The van der Waals surface area contributed by atoms with Crippen molar-refractivity contribution in [3.8, 4) is 0 Å². The maximum Gasteiger partial charge on any atom is 0.00160 e. The smallest absolute Gasteiger partial charge is 0.00160 e. The van der Waals surface area contributed by atoms with Gasteiger partial charge in [0, 0.05) is 5.25 Å². The zero-order valence-corrected chi connectivity index (χ0v) is 9.37. The van der Waals surface area contributed by atoms with Crippen LogP contribution in [0.2, 0.25) is 0 Å². The lowest BCUT2D eigenvalue weighted by atomic mass is 9.93. The molecule has 0 radical (unpaired) electrons. The molecule has 0 heterocycles. The van der Waals surface area contributed by atoms with Crippen molar-refractivity contribution in [1.29, 1.82) is 0 Å². The van der Waals surface area contributed by atoms with Gasteiger partial charge in [-0.2, -0.15) is 11.8 Å². The minimum absolute atomic E-state index is 0.844. The van der Waals surface area contributed by atoms with Gasteiger partial charge in [-0.15, -0.1) is 0 Å². The van der Waals surface area contributed by atoms with Crippen LogP contribution in [-0.2, 0) is 0 Å². The van der Waals surface area contributed by atoms with Crippen molar-refractivity contribution in [3.63, 3.8) is 0 Å². The Bertz CT molecular complexity index is 88.9. The van der Waals surface area contributed by atoms with E-state index in [9.17, 15) is 0 Å². The minimum atomic E-state index is 0.844. The quantitative estimate of drug-likeness (QED) is 0.611. The Morgan fingerprint density at radius 3 is 1.91 bits per heavy atom. The molecule has 0 spiro atoms. The maximum absolute atomic E-state index is 2.36. The van der Waals surface area contributed by atoms with Gasteiger partial charge in [0.05, 0.1) is 0 Å². The third kappa shape index (κ3) is 5.60. The summed E-state index contributed by atoms with van der Waals surface area (Å²) in [5.41, 5.74) is 0. The molecule has 0 rings (SSSR count). The highest BCUT2D eigenvalue weighted by atomic mass is 32.2. The van der Waals surface area contributed by atoms with Crippen LogP contribution in [0.4, 0.5) is 0 Å². The molecule has 0 aliphatic rings. The first-order valence-electron chi connectivity index (χ1n) is 4.60. The summed E-state index contributed by atoms with van der Waals surface area (Å²) in [7, 11) is 0. The molecule has 2 atom stereocenters. The molecule has 0 nitrogen and oxygen atoms in total. The summed E-state index contributed by atoms with van der Waals surface area (Å²) in [5.74, 6) is 1.74. The average molecular weight is 174 g/mol. The average Bonchev–Trinajstić information content (AvgIpc) is 1.99. The molecule has 0 aromatic rings. The van der Waals surface area contributed by atoms with Crippen LogP contribution < -0.4 is 0 Å². The van der Waals surface area contributed by atoms with Gasteiger partial charge in [-0.1, -0.05) is 27.7 Å². The van der Waals surface area contributed by atoms with Crippen LogP contribution in [-0.4, -0.2) is 11.5 Å². The maximum atomic E-state index is 2.36. The van der Waals surface area contributed by atoms with Gasteiger partial charge >= 0.3 is 0 Å². The van der Waals surface area contributed by atoms with Gasteiger partial charge in [0.25, 0.3) is 0 Å². The molecule has 11 heavy (non-hydrogen) atoms. The fraction of sp³-hybridized carbons (Fsp3) is 1.00. The number of thioether (sulfide) groups is 1. The van der Waals surface area contributed by atoms with Gasteiger partial charge < -0.3 is 0 Å². The van der Waals surface area contributed by atoms with Crippen LogP contribution in [0, 0.1) is 11.8 Å². The molecule has 0 N–H and O–H groups in total. The Labute approximate surface area is 76.1 Å². The Morgan fingerprint density at radius 2 is 1.55 bits per heavy atom. The Kier molecular flexibility index (Phi) is 6.12. The normalized spacial score (nSPS) is 16.9. The van der Waals surface area contributed by atoms with Crippen molar-refractivity contribution in [3.05, 3.63) is 0 Å². The van der Waals surface area contributed by atoms with Crippen molar-refractivity contribution in [2.75, 3.05) is 6.26 Å². The van der Waals surface area contributed by atoms with Crippen LogP contribution in [0.15, 0.2) is 0 Å². The SMILES string of the molecule is CS[C@H](C)CCC(C)C(C)C. The second-order valence-corrected chi connectivity index (χ2v) is 5.12. The lowest BCUT2D eigenvalue weighted by Gasteiger charge is -2.16. The molecule has 0 aromatic carbocycles.